The van der Waals surface area contributed by atoms with Crippen molar-refractivity contribution in [1.82, 2.24) is 15.1 Å². The van der Waals surface area contributed by atoms with Crippen LogP contribution in [0.4, 0.5) is 8.78 Å². The Labute approximate surface area is 150 Å². The first-order valence-electron chi connectivity index (χ1n) is 8.43. The molecule has 2 heterocycles. The Morgan fingerprint density at radius 3 is 2.81 bits per heavy atom. The predicted molar refractivity (Wildman–Crippen MR) is 93.0 cm³/mol. The highest BCUT2D eigenvalue weighted by molar-refractivity contribution is 6.16. The van der Waals surface area contributed by atoms with E-state index in [1.807, 2.05) is 18.7 Å². The molecule has 7 heteroatoms. The molecule has 138 valence electrons. The lowest BCUT2D eigenvalue weighted by Crippen LogP contribution is -2.32. The molecule has 1 aliphatic heterocycles. The van der Waals surface area contributed by atoms with Gasteiger partial charge in [0.2, 0.25) is 0 Å². The summed E-state index contributed by atoms with van der Waals surface area (Å²) in [5.41, 5.74) is 2.20. The van der Waals surface area contributed by atoms with E-state index in [2.05, 4.69) is 10.2 Å². The van der Waals surface area contributed by atoms with E-state index in [1.165, 1.54) is 12.1 Å². The quantitative estimate of drug-likeness (QED) is 0.848. The molecule has 0 spiro atoms. The van der Waals surface area contributed by atoms with E-state index in [-0.39, 0.29) is 12.0 Å². The van der Waals surface area contributed by atoms with Gasteiger partial charge in [0, 0.05) is 30.3 Å². The fraction of sp³-hybridized carbons (Fsp3) is 0.368. The summed E-state index contributed by atoms with van der Waals surface area (Å²) in [6.45, 7) is 6.99. The van der Waals surface area contributed by atoms with Crippen LogP contribution in [0.25, 0.3) is 5.57 Å². The second-order valence-corrected chi connectivity index (χ2v) is 6.96. The molecule has 0 aliphatic carbocycles. The standard InChI is InChI=1S/C19H21F2N3O2/c1-4-26-18(25)13-10-24(9-12-5-6-15(20)16(21)7-12)11-19(2,3)14-8-22-23-17(13)14/h5-8,10H,4,9,11H2,1-3H3,(H,22,23). The van der Waals surface area contributed by atoms with Gasteiger partial charge in [0.15, 0.2) is 11.6 Å². The van der Waals surface area contributed by atoms with Crippen molar-refractivity contribution in [1.29, 1.82) is 0 Å². The number of carbonyl (C=O) groups is 1. The molecule has 0 radical (unpaired) electrons. The van der Waals surface area contributed by atoms with Gasteiger partial charge in [-0.25, -0.2) is 13.6 Å². The molecule has 1 aliphatic rings. The fourth-order valence-corrected chi connectivity index (χ4v) is 3.23. The number of esters is 1. The average Bonchev–Trinajstić information content (AvgIpc) is 3.02. The average molecular weight is 361 g/mol. The minimum absolute atomic E-state index is 0.256. The Hall–Kier alpha value is -2.70. The zero-order valence-corrected chi connectivity index (χ0v) is 15.0. The number of ether oxygens (including phenoxy) is 1. The maximum absolute atomic E-state index is 13.5. The fourth-order valence-electron chi connectivity index (χ4n) is 3.23. The van der Waals surface area contributed by atoms with Crippen molar-refractivity contribution >= 4 is 11.5 Å². The van der Waals surface area contributed by atoms with Gasteiger partial charge < -0.3 is 9.64 Å². The van der Waals surface area contributed by atoms with Crippen LogP contribution in [0.1, 0.15) is 37.6 Å². The predicted octanol–water partition coefficient (Wildman–Crippen LogP) is 3.39. The lowest BCUT2D eigenvalue weighted by molar-refractivity contribution is -0.136. The molecule has 5 nitrogen and oxygen atoms in total. The number of nitrogens with zero attached hydrogens (tertiary/aromatic N) is 2. The van der Waals surface area contributed by atoms with Gasteiger partial charge in [-0.2, -0.15) is 5.10 Å². The number of nitrogens with one attached hydrogen (secondary N) is 1. The van der Waals surface area contributed by atoms with Crippen LogP contribution in [0.2, 0.25) is 0 Å². The molecular weight excluding hydrogens is 340 g/mol. The third-order valence-electron chi connectivity index (χ3n) is 4.41. The van der Waals surface area contributed by atoms with Crippen molar-refractivity contribution < 1.29 is 18.3 Å². The van der Waals surface area contributed by atoms with E-state index in [0.29, 0.717) is 29.9 Å². The Morgan fingerprint density at radius 1 is 1.35 bits per heavy atom. The van der Waals surface area contributed by atoms with E-state index in [4.69, 9.17) is 4.74 Å². The van der Waals surface area contributed by atoms with Crippen molar-refractivity contribution in [3.63, 3.8) is 0 Å². The van der Waals surface area contributed by atoms with Crippen molar-refractivity contribution in [2.45, 2.75) is 32.7 Å². The number of aromatic amines is 1. The first-order chi connectivity index (χ1) is 12.3. The molecule has 0 amide bonds. The van der Waals surface area contributed by atoms with E-state index in [9.17, 15) is 13.6 Å². The van der Waals surface area contributed by atoms with Crippen LogP contribution in [0.15, 0.2) is 30.6 Å². The molecule has 0 atom stereocenters. The third kappa shape index (κ3) is 3.47. The number of rotatable bonds is 4. The molecule has 0 unspecified atom stereocenters. The van der Waals surface area contributed by atoms with E-state index >= 15 is 0 Å². The van der Waals surface area contributed by atoms with Gasteiger partial charge in [-0.3, -0.25) is 5.10 Å². The van der Waals surface area contributed by atoms with Gasteiger partial charge in [-0.15, -0.1) is 0 Å². The van der Waals surface area contributed by atoms with E-state index in [1.54, 1.807) is 19.3 Å². The molecule has 3 rings (SSSR count). The number of hydrogen-bond donors (Lipinski definition) is 1. The minimum Gasteiger partial charge on any atom is -0.462 e. The first-order valence-corrected chi connectivity index (χ1v) is 8.43. The topological polar surface area (TPSA) is 58.2 Å². The van der Waals surface area contributed by atoms with E-state index < -0.39 is 17.6 Å². The van der Waals surface area contributed by atoms with Crippen LogP contribution >= 0.6 is 0 Å². The third-order valence-corrected chi connectivity index (χ3v) is 4.41. The molecule has 2 aromatic rings. The Kier molecular flexibility index (Phi) is 4.80. The van der Waals surface area contributed by atoms with Crippen LogP contribution in [-0.2, 0) is 21.5 Å². The highest BCUT2D eigenvalue weighted by Gasteiger charge is 2.34. The monoisotopic (exact) mass is 361 g/mol. The highest BCUT2D eigenvalue weighted by atomic mass is 19.2. The van der Waals surface area contributed by atoms with Crippen LogP contribution in [-0.4, -0.2) is 34.2 Å². The molecule has 1 aromatic carbocycles. The summed E-state index contributed by atoms with van der Waals surface area (Å²) >= 11 is 0. The number of fused-ring (bicyclic) bond motifs is 1. The maximum Gasteiger partial charge on any atom is 0.341 e. The number of halogens is 2. The Morgan fingerprint density at radius 2 is 2.12 bits per heavy atom. The second-order valence-electron chi connectivity index (χ2n) is 6.96. The largest absolute Gasteiger partial charge is 0.462 e. The van der Waals surface area contributed by atoms with Crippen LogP contribution in [0.3, 0.4) is 0 Å². The number of aromatic nitrogens is 2. The van der Waals surface area contributed by atoms with Crippen molar-refractivity contribution in [3.05, 3.63) is 59.1 Å². The first kappa shape index (κ1) is 18.1. The number of H-pyrrole nitrogens is 1. The normalized spacial score (nSPS) is 15.9. The molecule has 1 N–H and O–H groups in total. The summed E-state index contributed by atoms with van der Waals surface area (Å²) < 4.78 is 31.9. The molecule has 0 saturated heterocycles. The summed E-state index contributed by atoms with van der Waals surface area (Å²) in [5.74, 6) is -2.22. The summed E-state index contributed by atoms with van der Waals surface area (Å²) in [4.78, 5) is 14.4. The zero-order chi connectivity index (χ0) is 18.9. The molecule has 1 aromatic heterocycles. The molecule has 0 bridgehead atoms. The zero-order valence-electron chi connectivity index (χ0n) is 15.0. The summed E-state index contributed by atoms with van der Waals surface area (Å²) in [6, 6.07) is 3.82. The van der Waals surface area contributed by atoms with Crippen molar-refractivity contribution in [3.8, 4) is 0 Å². The minimum atomic E-state index is -0.888. The van der Waals surface area contributed by atoms with Gasteiger partial charge in [0.25, 0.3) is 0 Å². The summed E-state index contributed by atoms with van der Waals surface area (Å²) in [5, 5.41) is 6.97. The van der Waals surface area contributed by atoms with E-state index in [0.717, 1.165) is 11.6 Å². The highest BCUT2D eigenvalue weighted by Crippen LogP contribution is 2.34. The van der Waals surface area contributed by atoms with Gasteiger partial charge >= 0.3 is 5.97 Å². The van der Waals surface area contributed by atoms with Gasteiger partial charge in [0.1, 0.15) is 5.57 Å². The number of hydrogen-bond acceptors (Lipinski definition) is 4. The second kappa shape index (κ2) is 6.90. The van der Waals surface area contributed by atoms with Gasteiger partial charge in [-0.05, 0) is 24.6 Å². The van der Waals surface area contributed by atoms with Gasteiger partial charge in [0.05, 0.1) is 18.5 Å². The molecule has 0 fully saturated rings. The smallest absolute Gasteiger partial charge is 0.341 e. The number of carbonyl (C=O) groups excluding carboxylic acids is 1. The van der Waals surface area contributed by atoms with Crippen molar-refractivity contribution in [2.75, 3.05) is 13.2 Å². The SMILES string of the molecule is CCOC(=O)C1=CN(Cc2ccc(F)c(F)c2)CC(C)(C)c2cn[nH]c21. The molecular formula is C19H21F2N3O2. The summed E-state index contributed by atoms with van der Waals surface area (Å²) in [7, 11) is 0. The van der Waals surface area contributed by atoms with Crippen LogP contribution < -0.4 is 0 Å². The molecule has 0 saturated carbocycles. The molecule has 26 heavy (non-hydrogen) atoms. The Bertz CT molecular complexity index is 858. The van der Waals surface area contributed by atoms with Crippen molar-refractivity contribution in [2.24, 2.45) is 0 Å². The van der Waals surface area contributed by atoms with Crippen LogP contribution in [0, 0.1) is 11.6 Å². The summed E-state index contributed by atoms with van der Waals surface area (Å²) in [6.07, 6.45) is 3.41. The number of benzene rings is 1. The van der Waals surface area contributed by atoms with Crippen LogP contribution in [0.5, 0.6) is 0 Å². The maximum atomic E-state index is 13.5. The lowest BCUT2D eigenvalue weighted by Gasteiger charge is -2.30. The van der Waals surface area contributed by atoms with Gasteiger partial charge in [-0.1, -0.05) is 19.9 Å². The lowest BCUT2D eigenvalue weighted by atomic mass is 9.84. The Balaban J connectivity index is 1.99.